The highest BCUT2D eigenvalue weighted by Gasteiger charge is 2.11. The van der Waals surface area contributed by atoms with Crippen molar-refractivity contribution in [3.8, 4) is 0 Å². The van der Waals surface area contributed by atoms with Crippen LogP contribution < -0.4 is 0 Å². The summed E-state index contributed by atoms with van der Waals surface area (Å²) >= 11 is 8.57. The summed E-state index contributed by atoms with van der Waals surface area (Å²) in [5.74, 6) is -0.973. The summed E-state index contributed by atoms with van der Waals surface area (Å²) in [7, 11) is 1.97. The van der Waals surface area contributed by atoms with Crippen LogP contribution in [0.2, 0.25) is 4.34 Å². The van der Waals surface area contributed by atoms with E-state index in [1.54, 1.807) is 16.7 Å². The predicted molar refractivity (Wildman–Crippen MR) is 73.6 cm³/mol. The molecule has 2 heterocycles. The van der Waals surface area contributed by atoms with E-state index in [2.05, 4.69) is 9.88 Å². The molecule has 0 fully saturated rings. The molecule has 96 valence electrons. The Labute approximate surface area is 117 Å². The highest BCUT2D eigenvalue weighted by molar-refractivity contribution is 7.16. The topological polar surface area (TPSA) is 53.4 Å². The van der Waals surface area contributed by atoms with Crippen LogP contribution in [0, 0.1) is 0 Å². The van der Waals surface area contributed by atoms with Gasteiger partial charge in [0.25, 0.3) is 0 Å². The minimum atomic E-state index is -0.973. The first-order chi connectivity index (χ1) is 8.54. The van der Waals surface area contributed by atoms with Gasteiger partial charge < -0.3 is 5.11 Å². The summed E-state index contributed by atoms with van der Waals surface area (Å²) in [5.41, 5.74) is 0.780. The fourth-order valence-electron chi connectivity index (χ4n) is 1.51. The molecule has 0 saturated heterocycles. The summed E-state index contributed by atoms with van der Waals surface area (Å²) < 4.78 is 0.778. The van der Waals surface area contributed by atoms with Crippen molar-refractivity contribution >= 4 is 40.2 Å². The number of aromatic nitrogens is 1. The molecule has 18 heavy (non-hydrogen) atoms. The average Bonchev–Trinajstić information content (AvgIpc) is 2.88. The average molecular weight is 303 g/mol. The number of carboxylic acids is 1. The number of aromatic carboxylic acids is 1. The number of carbonyl (C=O) groups is 1. The lowest BCUT2D eigenvalue weighted by Crippen LogP contribution is -2.16. The minimum Gasteiger partial charge on any atom is -0.476 e. The van der Waals surface area contributed by atoms with Crippen LogP contribution in [-0.2, 0) is 13.1 Å². The first kappa shape index (κ1) is 13.5. The number of halogens is 1. The van der Waals surface area contributed by atoms with Gasteiger partial charge in [-0.3, -0.25) is 4.90 Å². The van der Waals surface area contributed by atoms with Gasteiger partial charge in [0.2, 0.25) is 5.01 Å². The van der Waals surface area contributed by atoms with Crippen molar-refractivity contribution in [2.24, 2.45) is 0 Å². The molecule has 0 spiro atoms. The molecule has 4 nitrogen and oxygen atoms in total. The third-order valence-corrected chi connectivity index (χ3v) is 4.32. The molecule has 2 rings (SSSR count). The Hall–Kier alpha value is -0.950. The number of carboxylic acid groups (broad SMARTS) is 1. The van der Waals surface area contributed by atoms with E-state index >= 15 is 0 Å². The third kappa shape index (κ3) is 3.52. The second-order valence-corrected chi connectivity index (χ2v) is 6.48. The molecule has 0 aliphatic heterocycles. The normalized spacial score (nSPS) is 11.1. The first-order valence-electron chi connectivity index (χ1n) is 5.15. The van der Waals surface area contributed by atoms with Crippen LogP contribution in [-0.4, -0.2) is 28.0 Å². The summed E-state index contributed by atoms with van der Waals surface area (Å²) in [6.07, 6.45) is 0. The van der Waals surface area contributed by atoms with Gasteiger partial charge >= 0.3 is 5.97 Å². The lowest BCUT2D eigenvalue weighted by molar-refractivity contribution is 0.0696. The zero-order chi connectivity index (χ0) is 13.1. The Morgan fingerprint density at radius 2 is 2.28 bits per heavy atom. The zero-order valence-corrected chi connectivity index (χ0v) is 12.0. The summed E-state index contributed by atoms with van der Waals surface area (Å²) in [6.45, 7) is 1.40. The lowest BCUT2D eigenvalue weighted by atomic mass is 10.4. The Kier molecular flexibility index (Phi) is 4.34. The third-order valence-electron chi connectivity index (χ3n) is 2.22. The fourth-order valence-corrected chi connectivity index (χ4v) is 3.33. The molecule has 1 N–H and O–H groups in total. The monoisotopic (exact) mass is 302 g/mol. The van der Waals surface area contributed by atoms with E-state index in [-0.39, 0.29) is 5.01 Å². The van der Waals surface area contributed by atoms with E-state index in [4.69, 9.17) is 16.7 Å². The second-order valence-electron chi connectivity index (χ2n) is 3.83. The molecule has 0 unspecified atom stereocenters. The van der Waals surface area contributed by atoms with E-state index < -0.39 is 5.97 Å². The molecule has 0 aromatic carbocycles. The van der Waals surface area contributed by atoms with Gasteiger partial charge in [0, 0.05) is 23.3 Å². The molecule has 0 aliphatic carbocycles. The number of thiophene rings is 1. The molecular weight excluding hydrogens is 292 g/mol. The Balaban J connectivity index is 1.94. The van der Waals surface area contributed by atoms with Gasteiger partial charge in [0.05, 0.1) is 10.0 Å². The SMILES string of the molecule is CN(Cc1csc(C(=O)O)n1)Cc1ccc(Cl)s1. The molecule has 2 aromatic rings. The van der Waals surface area contributed by atoms with Gasteiger partial charge in [0.15, 0.2) is 0 Å². The Morgan fingerprint density at radius 1 is 1.50 bits per heavy atom. The summed E-state index contributed by atoms with van der Waals surface area (Å²) in [5, 5.41) is 10.7. The first-order valence-corrected chi connectivity index (χ1v) is 7.22. The standard InChI is InChI=1S/C11H11ClN2O2S2/c1-14(5-8-2-3-9(12)18-8)4-7-6-17-10(13-7)11(15)16/h2-3,6H,4-5H2,1H3,(H,15,16). The van der Waals surface area contributed by atoms with E-state index in [9.17, 15) is 4.79 Å². The van der Waals surface area contributed by atoms with E-state index in [0.717, 1.165) is 27.9 Å². The van der Waals surface area contributed by atoms with Crippen molar-refractivity contribution in [1.29, 1.82) is 0 Å². The maximum absolute atomic E-state index is 10.7. The predicted octanol–water partition coefficient (Wildman–Crippen LogP) is 3.19. The van der Waals surface area contributed by atoms with Gasteiger partial charge in [0.1, 0.15) is 0 Å². The van der Waals surface area contributed by atoms with Gasteiger partial charge in [-0.2, -0.15) is 0 Å². The summed E-state index contributed by atoms with van der Waals surface area (Å²) in [6, 6.07) is 3.87. The molecule has 0 bridgehead atoms. The Bertz CT molecular complexity index is 553. The van der Waals surface area contributed by atoms with Crippen LogP contribution in [0.1, 0.15) is 20.4 Å². The quantitative estimate of drug-likeness (QED) is 0.921. The van der Waals surface area contributed by atoms with E-state index in [1.807, 2.05) is 19.2 Å². The number of thiazole rings is 1. The molecule has 7 heteroatoms. The van der Waals surface area contributed by atoms with Crippen LogP contribution >= 0.6 is 34.3 Å². The van der Waals surface area contributed by atoms with E-state index in [1.165, 1.54) is 4.88 Å². The van der Waals surface area contributed by atoms with Crippen molar-refractivity contribution in [3.63, 3.8) is 0 Å². The highest BCUT2D eigenvalue weighted by atomic mass is 35.5. The number of nitrogens with zero attached hydrogens (tertiary/aromatic N) is 2. The zero-order valence-electron chi connectivity index (χ0n) is 9.59. The summed E-state index contributed by atoms with van der Waals surface area (Å²) in [4.78, 5) is 18.0. The van der Waals surface area contributed by atoms with Crippen molar-refractivity contribution in [2.45, 2.75) is 13.1 Å². The highest BCUT2D eigenvalue weighted by Crippen LogP contribution is 2.23. The molecule has 0 atom stereocenters. The lowest BCUT2D eigenvalue weighted by Gasteiger charge is -2.13. The molecule has 0 radical (unpaired) electrons. The van der Waals surface area contributed by atoms with Crippen molar-refractivity contribution < 1.29 is 9.90 Å². The minimum absolute atomic E-state index is 0.137. The van der Waals surface area contributed by atoms with Crippen LogP contribution in [0.5, 0.6) is 0 Å². The molecule has 0 saturated carbocycles. The van der Waals surface area contributed by atoms with E-state index in [0.29, 0.717) is 6.54 Å². The van der Waals surface area contributed by atoms with Crippen LogP contribution in [0.3, 0.4) is 0 Å². The Morgan fingerprint density at radius 3 is 2.83 bits per heavy atom. The van der Waals surface area contributed by atoms with Crippen molar-refractivity contribution in [3.05, 3.63) is 37.4 Å². The molecule has 2 aromatic heterocycles. The number of rotatable bonds is 5. The second kappa shape index (κ2) is 5.79. The maximum Gasteiger partial charge on any atom is 0.365 e. The van der Waals surface area contributed by atoms with Crippen LogP contribution in [0.4, 0.5) is 0 Å². The van der Waals surface area contributed by atoms with Gasteiger partial charge in [-0.25, -0.2) is 9.78 Å². The number of hydrogen-bond donors (Lipinski definition) is 1. The smallest absolute Gasteiger partial charge is 0.365 e. The van der Waals surface area contributed by atoms with Crippen LogP contribution in [0.25, 0.3) is 0 Å². The van der Waals surface area contributed by atoms with Crippen molar-refractivity contribution in [1.82, 2.24) is 9.88 Å². The van der Waals surface area contributed by atoms with Crippen LogP contribution in [0.15, 0.2) is 17.5 Å². The van der Waals surface area contributed by atoms with Gasteiger partial charge in [-0.05, 0) is 19.2 Å². The molecule has 0 amide bonds. The molecular formula is C11H11ClN2O2S2. The molecule has 0 aliphatic rings. The fraction of sp³-hybridized carbons (Fsp3) is 0.273. The van der Waals surface area contributed by atoms with Gasteiger partial charge in [-0.1, -0.05) is 11.6 Å². The maximum atomic E-state index is 10.7. The largest absolute Gasteiger partial charge is 0.476 e. The van der Waals surface area contributed by atoms with Gasteiger partial charge in [-0.15, -0.1) is 22.7 Å². The van der Waals surface area contributed by atoms with Crippen molar-refractivity contribution in [2.75, 3.05) is 7.05 Å². The number of hydrogen-bond acceptors (Lipinski definition) is 5.